The van der Waals surface area contributed by atoms with Crippen LogP contribution in [0, 0.1) is 24.6 Å². The minimum absolute atomic E-state index is 0.0192. The lowest BCUT2D eigenvalue weighted by Gasteiger charge is -2.30. The number of likely N-dealkylation sites (tertiary alicyclic amines) is 2. The zero-order valence-electron chi connectivity index (χ0n) is 16.4. The standard InChI is InChI=1S/C21H23FN4O3/c1-13-23-7-15(8-24-13)21(28)25-9-16-10-26(19(27)12-29-2)20(18(16)11-25)14-4-3-5-17(22)6-14/h3-8,16,18,20H,9-12H2,1-2H3/t16-,18-,20+/m1/s1. The Morgan fingerprint density at radius 1 is 1.21 bits per heavy atom. The van der Waals surface area contributed by atoms with Gasteiger partial charge in [0, 0.05) is 51.0 Å². The first-order valence-corrected chi connectivity index (χ1v) is 9.59. The molecule has 0 aliphatic carbocycles. The molecule has 0 saturated carbocycles. The van der Waals surface area contributed by atoms with E-state index in [1.807, 2.05) is 6.07 Å². The third-order valence-corrected chi connectivity index (χ3v) is 5.76. The first kappa shape index (κ1) is 19.4. The van der Waals surface area contributed by atoms with E-state index in [1.54, 1.807) is 22.8 Å². The van der Waals surface area contributed by atoms with Crippen LogP contribution in [0.15, 0.2) is 36.7 Å². The van der Waals surface area contributed by atoms with Gasteiger partial charge in [-0.25, -0.2) is 14.4 Å². The van der Waals surface area contributed by atoms with Gasteiger partial charge in [-0.2, -0.15) is 0 Å². The Morgan fingerprint density at radius 2 is 1.97 bits per heavy atom. The van der Waals surface area contributed by atoms with Gasteiger partial charge in [0.15, 0.2) is 0 Å². The van der Waals surface area contributed by atoms with Gasteiger partial charge >= 0.3 is 0 Å². The molecule has 2 aliphatic heterocycles. The minimum Gasteiger partial charge on any atom is -0.375 e. The van der Waals surface area contributed by atoms with E-state index < -0.39 is 0 Å². The Morgan fingerprint density at radius 3 is 2.66 bits per heavy atom. The van der Waals surface area contributed by atoms with Crippen LogP contribution >= 0.6 is 0 Å². The van der Waals surface area contributed by atoms with Crippen LogP contribution in [0.3, 0.4) is 0 Å². The molecule has 0 unspecified atom stereocenters. The maximum atomic E-state index is 13.9. The number of hydrogen-bond acceptors (Lipinski definition) is 5. The van der Waals surface area contributed by atoms with Crippen LogP contribution in [0.5, 0.6) is 0 Å². The van der Waals surface area contributed by atoms with E-state index in [-0.39, 0.29) is 42.1 Å². The predicted octanol–water partition coefficient (Wildman–Crippen LogP) is 1.84. The summed E-state index contributed by atoms with van der Waals surface area (Å²) in [6.07, 6.45) is 3.08. The Bertz CT molecular complexity index is 920. The van der Waals surface area contributed by atoms with Crippen molar-refractivity contribution in [3.8, 4) is 0 Å². The number of aryl methyl sites for hydroxylation is 1. The molecular formula is C21H23FN4O3. The van der Waals surface area contributed by atoms with Crippen molar-refractivity contribution in [1.82, 2.24) is 19.8 Å². The number of carbonyl (C=O) groups excluding carboxylic acids is 2. The number of halogens is 1. The van der Waals surface area contributed by atoms with Crippen LogP contribution < -0.4 is 0 Å². The highest BCUT2D eigenvalue weighted by Gasteiger charge is 2.50. The number of ether oxygens (including phenoxy) is 1. The van der Waals surface area contributed by atoms with Crippen molar-refractivity contribution in [3.63, 3.8) is 0 Å². The molecule has 0 N–H and O–H groups in total. The van der Waals surface area contributed by atoms with Crippen LogP contribution in [0.25, 0.3) is 0 Å². The van der Waals surface area contributed by atoms with Crippen molar-refractivity contribution in [2.24, 2.45) is 11.8 Å². The number of rotatable bonds is 4. The van der Waals surface area contributed by atoms with Gasteiger partial charge in [-0.1, -0.05) is 12.1 Å². The average molecular weight is 398 g/mol. The molecule has 0 spiro atoms. The van der Waals surface area contributed by atoms with Crippen LogP contribution in [0.2, 0.25) is 0 Å². The summed E-state index contributed by atoms with van der Waals surface area (Å²) >= 11 is 0. The summed E-state index contributed by atoms with van der Waals surface area (Å²) in [6.45, 7) is 3.30. The second-order valence-electron chi connectivity index (χ2n) is 7.63. The van der Waals surface area contributed by atoms with Gasteiger partial charge in [0.25, 0.3) is 5.91 Å². The molecule has 0 radical (unpaired) electrons. The summed E-state index contributed by atoms with van der Waals surface area (Å²) in [5.74, 6) is 0.187. The molecular weight excluding hydrogens is 375 g/mol. The van der Waals surface area contributed by atoms with Crippen molar-refractivity contribution in [2.75, 3.05) is 33.4 Å². The molecule has 29 heavy (non-hydrogen) atoms. The van der Waals surface area contributed by atoms with Crippen molar-refractivity contribution >= 4 is 11.8 Å². The second kappa shape index (κ2) is 7.87. The lowest BCUT2D eigenvalue weighted by molar-refractivity contribution is -0.136. The first-order valence-electron chi connectivity index (χ1n) is 9.59. The largest absolute Gasteiger partial charge is 0.375 e. The Hall–Kier alpha value is -2.87. The second-order valence-corrected chi connectivity index (χ2v) is 7.63. The Kier molecular flexibility index (Phi) is 5.27. The Labute approximate surface area is 168 Å². The molecule has 1 aromatic heterocycles. The predicted molar refractivity (Wildman–Crippen MR) is 102 cm³/mol. The molecule has 2 amide bonds. The number of carbonyl (C=O) groups is 2. The average Bonchev–Trinajstić information content (AvgIpc) is 3.26. The highest BCUT2D eigenvalue weighted by Crippen LogP contribution is 2.45. The topological polar surface area (TPSA) is 75.6 Å². The molecule has 2 aromatic rings. The minimum atomic E-state index is -0.340. The third-order valence-electron chi connectivity index (χ3n) is 5.76. The zero-order valence-corrected chi connectivity index (χ0v) is 16.4. The zero-order chi connectivity index (χ0) is 20.5. The van der Waals surface area contributed by atoms with E-state index in [0.29, 0.717) is 31.0 Å². The number of nitrogens with zero attached hydrogens (tertiary/aromatic N) is 4. The highest BCUT2D eigenvalue weighted by atomic mass is 19.1. The van der Waals surface area contributed by atoms with E-state index in [0.717, 1.165) is 5.56 Å². The number of methoxy groups -OCH3 is 1. The summed E-state index contributed by atoms with van der Waals surface area (Å²) in [4.78, 5) is 37.3. The molecule has 4 rings (SSSR count). The number of hydrogen-bond donors (Lipinski definition) is 0. The fourth-order valence-electron chi connectivity index (χ4n) is 4.48. The first-order chi connectivity index (χ1) is 14.0. The normalized spacial score (nSPS) is 23.3. The van der Waals surface area contributed by atoms with Crippen LogP contribution in [0.1, 0.15) is 27.8 Å². The fourth-order valence-corrected chi connectivity index (χ4v) is 4.48. The maximum Gasteiger partial charge on any atom is 0.257 e. The number of fused-ring (bicyclic) bond motifs is 1. The summed E-state index contributed by atoms with van der Waals surface area (Å²) in [7, 11) is 1.48. The van der Waals surface area contributed by atoms with Gasteiger partial charge in [-0.3, -0.25) is 9.59 Å². The fraction of sp³-hybridized carbons (Fsp3) is 0.429. The Balaban J connectivity index is 1.59. The smallest absolute Gasteiger partial charge is 0.257 e. The van der Waals surface area contributed by atoms with Crippen LogP contribution in [-0.2, 0) is 9.53 Å². The van der Waals surface area contributed by atoms with Gasteiger partial charge in [-0.05, 0) is 24.6 Å². The van der Waals surface area contributed by atoms with E-state index in [1.165, 1.54) is 31.6 Å². The summed E-state index contributed by atoms with van der Waals surface area (Å²) in [5, 5.41) is 0. The number of amides is 2. The van der Waals surface area contributed by atoms with Crippen molar-refractivity contribution in [2.45, 2.75) is 13.0 Å². The molecule has 8 heteroatoms. The molecule has 1 aromatic carbocycles. The molecule has 2 saturated heterocycles. The number of benzene rings is 1. The van der Waals surface area contributed by atoms with Gasteiger partial charge in [0.05, 0.1) is 11.6 Å². The van der Waals surface area contributed by atoms with Crippen molar-refractivity contribution in [1.29, 1.82) is 0 Å². The molecule has 2 fully saturated rings. The van der Waals surface area contributed by atoms with Crippen molar-refractivity contribution in [3.05, 3.63) is 59.4 Å². The van der Waals surface area contributed by atoms with E-state index in [9.17, 15) is 14.0 Å². The molecule has 3 heterocycles. The lowest BCUT2D eigenvalue weighted by atomic mass is 9.89. The third kappa shape index (κ3) is 3.72. The quantitative estimate of drug-likeness (QED) is 0.786. The SMILES string of the molecule is COCC(=O)N1C[C@H]2CN(C(=O)c3cnc(C)nc3)C[C@H]2[C@@H]1c1cccc(F)c1. The molecule has 152 valence electrons. The van der Waals surface area contributed by atoms with Crippen LogP contribution in [-0.4, -0.2) is 64.9 Å². The van der Waals surface area contributed by atoms with E-state index in [2.05, 4.69) is 9.97 Å². The number of aromatic nitrogens is 2. The van der Waals surface area contributed by atoms with Gasteiger partial charge in [0.1, 0.15) is 18.2 Å². The summed E-state index contributed by atoms with van der Waals surface area (Å²) < 4.78 is 18.9. The van der Waals surface area contributed by atoms with E-state index in [4.69, 9.17) is 4.74 Å². The maximum absolute atomic E-state index is 13.9. The molecule has 3 atom stereocenters. The van der Waals surface area contributed by atoms with Crippen LogP contribution in [0.4, 0.5) is 4.39 Å². The van der Waals surface area contributed by atoms with Gasteiger partial charge in [-0.15, -0.1) is 0 Å². The molecule has 7 nitrogen and oxygen atoms in total. The van der Waals surface area contributed by atoms with Gasteiger partial charge in [0.2, 0.25) is 5.91 Å². The lowest BCUT2D eigenvalue weighted by Crippen LogP contribution is -2.39. The summed E-state index contributed by atoms with van der Waals surface area (Å²) in [5.41, 5.74) is 1.19. The van der Waals surface area contributed by atoms with Gasteiger partial charge < -0.3 is 14.5 Å². The van der Waals surface area contributed by atoms with E-state index >= 15 is 0 Å². The highest BCUT2D eigenvalue weighted by molar-refractivity contribution is 5.93. The monoisotopic (exact) mass is 398 g/mol. The van der Waals surface area contributed by atoms with Crippen molar-refractivity contribution < 1.29 is 18.7 Å². The molecule has 2 aliphatic rings. The summed E-state index contributed by atoms with van der Waals surface area (Å²) in [6, 6.07) is 6.06. The molecule has 0 bridgehead atoms.